The highest BCUT2D eigenvalue weighted by atomic mass is 16.5. The molecule has 0 saturated carbocycles. The van der Waals surface area contributed by atoms with Gasteiger partial charge in [0.15, 0.2) is 0 Å². The van der Waals surface area contributed by atoms with E-state index < -0.39 is 0 Å². The van der Waals surface area contributed by atoms with Gasteiger partial charge in [-0.15, -0.1) is 0 Å². The molecule has 1 N–H and O–H groups in total. The maximum absolute atomic E-state index is 12.9. The van der Waals surface area contributed by atoms with E-state index in [2.05, 4.69) is 17.4 Å². The standard InChI is InChI=1S/C24H30N2O3/c1-17-4-9-21(16-23(17)25-18(2)27)24(28)26-14-12-20(13-15-26)6-5-19-7-10-22(29-3)11-8-19/h4,7-11,16,20H,5-6,12-15H2,1-3H3,(H,25,27). The van der Waals surface area contributed by atoms with Crippen LogP contribution in [0.25, 0.3) is 0 Å². The molecule has 2 aromatic rings. The highest BCUT2D eigenvalue weighted by molar-refractivity contribution is 5.97. The number of piperidine rings is 1. The molecule has 1 aliphatic rings. The minimum absolute atomic E-state index is 0.0465. The molecule has 2 aromatic carbocycles. The molecule has 0 bridgehead atoms. The van der Waals surface area contributed by atoms with Crippen LogP contribution in [-0.2, 0) is 11.2 Å². The Hall–Kier alpha value is -2.82. The molecule has 1 saturated heterocycles. The van der Waals surface area contributed by atoms with Crippen molar-refractivity contribution < 1.29 is 14.3 Å². The Bertz CT molecular complexity index is 853. The van der Waals surface area contributed by atoms with Crippen LogP contribution in [0.4, 0.5) is 5.69 Å². The summed E-state index contributed by atoms with van der Waals surface area (Å²) in [5.74, 6) is 1.45. The van der Waals surface area contributed by atoms with E-state index in [1.165, 1.54) is 12.5 Å². The average Bonchev–Trinajstić information content (AvgIpc) is 2.74. The second-order valence-electron chi connectivity index (χ2n) is 7.83. The summed E-state index contributed by atoms with van der Waals surface area (Å²) in [4.78, 5) is 26.2. The number of carbonyl (C=O) groups is 2. The molecule has 1 aliphatic heterocycles. The lowest BCUT2D eigenvalue weighted by Crippen LogP contribution is -2.38. The summed E-state index contributed by atoms with van der Waals surface area (Å²) in [6, 6.07) is 13.8. The quantitative estimate of drug-likeness (QED) is 0.788. The largest absolute Gasteiger partial charge is 0.497 e. The number of likely N-dealkylation sites (tertiary alicyclic amines) is 1. The molecule has 1 fully saturated rings. The Morgan fingerprint density at radius 2 is 1.79 bits per heavy atom. The molecule has 0 aliphatic carbocycles. The van der Waals surface area contributed by atoms with E-state index in [4.69, 9.17) is 4.74 Å². The van der Waals surface area contributed by atoms with Crippen LogP contribution in [-0.4, -0.2) is 36.9 Å². The van der Waals surface area contributed by atoms with Gasteiger partial charge < -0.3 is 15.0 Å². The van der Waals surface area contributed by atoms with Crippen LogP contribution in [0.5, 0.6) is 5.75 Å². The zero-order valence-corrected chi connectivity index (χ0v) is 17.5. The maximum atomic E-state index is 12.9. The van der Waals surface area contributed by atoms with E-state index in [1.54, 1.807) is 13.2 Å². The van der Waals surface area contributed by atoms with Crippen molar-refractivity contribution in [1.82, 2.24) is 4.90 Å². The smallest absolute Gasteiger partial charge is 0.253 e. The van der Waals surface area contributed by atoms with Gasteiger partial charge in [-0.25, -0.2) is 0 Å². The molecule has 0 atom stereocenters. The minimum Gasteiger partial charge on any atom is -0.497 e. The predicted molar refractivity (Wildman–Crippen MR) is 115 cm³/mol. The first-order valence-corrected chi connectivity index (χ1v) is 10.3. The summed E-state index contributed by atoms with van der Waals surface area (Å²) in [5, 5.41) is 2.80. The van der Waals surface area contributed by atoms with Crippen LogP contribution in [0.3, 0.4) is 0 Å². The van der Waals surface area contributed by atoms with Crippen molar-refractivity contribution in [2.75, 3.05) is 25.5 Å². The number of amides is 2. The van der Waals surface area contributed by atoms with Crippen LogP contribution in [0.1, 0.15) is 47.7 Å². The normalized spacial score (nSPS) is 14.5. The van der Waals surface area contributed by atoms with Crippen molar-refractivity contribution in [2.45, 2.75) is 39.5 Å². The van der Waals surface area contributed by atoms with E-state index >= 15 is 0 Å². The van der Waals surface area contributed by atoms with Gasteiger partial charge in [0, 0.05) is 31.3 Å². The number of nitrogens with one attached hydrogen (secondary N) is 1. The minimum atomic E-state index is -0.129. The van der Waals surface area contributed by atoms with Crippen molar-refractivity contribution >= 4 is 17.5 Å². The Labute approximate surface area is 173 Å². The summed E-state index contributed by atoms with van der Waals surface area (Å²) >= 11 is 0. The van der Waals surface area contributed by atoms with Crippen molar-refractivity contribution in [3.05, 3.63) is 59.2 Å². The Morgan fingerprint density at radius 3 is 2.41 bits per heavy atom. The van der Waals surface area contributed by atoms with Gasteiger partial charge in [0.2, 0.25) is 5.91 Å². The SMILES string of the molecule is COc1ccc(CCC2CCN(C(=O)c3ccc(C)c(NC(C)=O)c3)CC2)cc1. The number of benzene rings is 2. The summed E-state index contributed by atoms with van der Waals surface area (Å²) < 4.78 is 5.21. The van der Waals surface area contributed by atoms with Crippen LogP contribution in [0, 0.1) is 12.8 Å². The van der Waals surface area contributed by atoms with Crippen molar-refractivity contribution in [2.24, 2.45) is 5.92 Å². The van der Waals surface area contributed by atoms with E-state index in [0.29, 0.717) is 17.2 Å². The number of hydrogen-bond donors (Lipinski definition) is 1. The first-order chi connectivity index (χ1) is 14.0. The first-order valence-electron chi connectivity index (χ1n) is 10.3. The van der Waals surface area contributed by atoms with Crippen LogP contribution in [0.2, 0.25) is 0 Å². The molecule has 5 heteroatoms. The highest BCUT2D eigenvalue weighted by Gasteiger charge is 2.24. The topological polar surface area (TPSA) is 58.6 Å². The molecule has 1 heterocycles. The Balaban J connectivity index is 1.52. The number of anilines is 1. The van der Waals surface area contributed by atoms with Crippen LogP contribution in [0.15, 0.2) is 42.5 Å². The summed E-state index contributed by atoms with van der Waals surface area (Å²) in [7, 11) is 1.68. The third-order valence-electron chi connectivity index (χ3n) is 5.70. The van der Waals surface area contributed by atoms with Gasteiger partial charge in [-0.1, -0.05) is 18.2 Å². The Morgan fingerprint density at radius 1 is 1.10 bits per heavy atom. The zero-order chi connectivity index (χ0) is 20.8. The van der Waals surface area contributed by atoms with Crippen LogP contribution >= 0.6 is 0 Å². The van der Waals surface area contributed by atoms with Gasteiger partial charge in [0.05, 0.1) is 7.11 Å². The van der Waals surface area contributed by atoms with Gasteiger partial charge >= 0.3 is 0 Å². The third kappa shape index (κ3) is 5.59. The van der Waals surface area contributed by atoms with Gasteiger partial charge in [-0.3, -0.25) is 9.59 Å². The molecule has 0 spiro atoms. The number of hydrogen-bond acceptors (Lipinski definition) is 3. The summed E-state index contributed by atoms with van der Waals surface area (Å²) in [6.07, 6.45) is 4.27. The first kappa shape index (κ1) is 20.9. The van der Waals surface area contributed by atoms with E-state index in [-0.39, 0.29) is 11.8 Å². The second-order valence-corrected chi connectivity index (χ2v) is 7.83. The summed E-state index contributed by atoms with van der Waals surface area (Å²) in [5.41, 5.74) is 3.62. The van der Waals surface area contributed by atoms with E-state index in [1.807, 2.05) is 36.1 Å². The molecule has 5 nitrogen and oxygen atoms in total. The molecular formula is C24H30N2O3. The second kappa shape index (κ2) is 9.59. The number of ether oxygens (including phenoxy) is 1. The lowest BCUT2D eigenvalue weighted by molar-refractivity contribution is -0.114. The predicted octanol–water partition coefficient (Wildman–Crippen LogP) is 4.45. The fourth-order valence-corrected chi connectivity index (χ4v) is 3.85. The molecule has 29 heavy (non-hydrogen) atoms. The van der Waals surface area contributed by atoms with Crippen molar-refractivity contribution in [3.8, 4) is 5.75 Å². The maximum Gasteiger partial charge on any atom is 0.253 e. The monoisotopic (exact) mass is 394 g/mol. The average molecular weight is 395 g/mol. The molecule has 154 valence electrons. The van der Waals surface area contributed by atoms with Gasteiger partial charge in [-0.05, 0) is 73.9 Å². The number of carbonyl (C=O) groups excluding carboxylic acids is 2. The van der Waals surface area contributed by atoms with Crippen LogP contribution < -0.4 is 10.1 Å². The van der Waals surface area contributed by atoms with E-state index in [9.17, 15) is 9.59 Å². The van der Waals surface area contributed by atoms with Crippen molar-refractivity contribution in [1.29, 1.82) is 0 Å². The zero-order valence-electron chi connectivity index (χ0n) is 17.5. The molecule has 2 amide bonds. The molecule has 3 rings (SSSR count). The van der Waals surface area contributed by atoms with Gasteiger partial charge in [0.25, 0.3) is 5.91 Å². The third-order valence-corrected chi connectivity index (χ3v) is 5.70. The van der Waals surface area contributed by atoms with Gasteiger partial charge in [-0.2, -0.15) is 0 Å². The van der Waals surface area contributed by atoms with Crippen molar-refractivity contribution in [3.63, 3.8) is 0 Å². The molecule has 0 radical (unpaired) electrons. The van der Waals surface area contributed by atoms with E-state index in [0.717, 1.165) is 50.1 Å². The lowest BCUT2D eigenvalue weighted by atomic mass is 9.90. The number of methoxy groups -OCH3 is 1. The van der Waals surface area contributed by atoms with Gasteiger partial charge in [0.1, 0.15) is 5.75 Å². The Kier molecular flexibility index (Phi) is 6.91. The fraction of sp³-hybridized carbons (Fsp3) is 0.417. The molecule has 0 aromatic heterocycles. The molecule has 0 unspecified atom stereocenters. The number of aryl methyl sites for hydroxylation is 2. The number of nitrogens with zero attached hydrogens (tertiary/aromatic N) is 1. The lowest BCUT2D eigenvalue weighted by Gasteiger charge is -2.32. The fourth-order valence-electron chi connectivity index (χ4n) is 3.85. The summed E-state index contributed by atoms with van der Waals surface area (Å²) in [6.45, 7) is 4.98. The number of rotatable bonds is 6. The molecular weight excluding hydrogens is 364 g/mol. The highest BCUT2D eigenvalue weighted by Crippen LogP contribution is 2.25.